The number of amides is 1. The summed E-state index contributed by atoms with van der Waals surface area (Å²) in [5.41, 5.74) is -0.00255. The molecular formula is C23H34N4O2. The topological polar surface area (TPSA) is 48.9 Å². The number of carbonyl (C=O) groups excluding carboxylic acids is 1. The maximum absolute atomic E-state index is 12.6. The third-order valence-electron chi connectivity index (χ3n) is 7.71. The average molecular weight is 399 g/mol. The summed E-state index contributed by atoms with van der Waals surface area (Å²) >= 11 is 0. The summed E-state index contributed by atoms with van der Waals surface area (Å²) in [6.07, 6.45) is 9.59. The lowest BCUT2D eigenvalue weighted by Gasteiger charge is -2.50. The lowest BCUT2D eigenvalue weighted by Crippen LogP contribution is -2.58. The summed E-state index contributed by atoms with van der Waals surface area (Å²) in [6.45, 7) is 6.93. The number of pyridine rings is 1. The van der Waals surface area contributed by atoms with Crippen LogP contribution in [0, 0.1) is 5.92 Å². The van der Waals surface area contributed by atoms with Crippen LogP contribution in [-0.4, -0.2) is 78.2 Å². The molecule has 29 heavy (non-hydrogen) atoms. The molecule has 4 aliphatic rings. The van der Waals surface area contributed by atoms with Crippen molar-refractivity contribution in [1.29, 1.82) is 0 Å². The molecule has 4 heterocycles. The van der Waals surface area contributed by atoms with Gasteiger partial charge in [0.2, 0.25) is 5.91 Å². The first kappa shape index (κ1) is 19.3. The van der Waals surface area contributed by atoms with Crippen molar-refractivity contribution >= 4 is 11.7 Å². The number of nitrogens with zero attached hydrogens (tertiary/aromatic N) is 4. The molecule has 1 amide bonds. The van der Waals surface area contributed by atoms with Gasteiger partial charge in [0.1, 0.15) is 5.82 Å². The fourth-order valence-electron chi connectivity index (χ4n) is 5.57. The summed E-state index contributed by atoms with van der Waals surface area (Å²) in [6, 6.07) is 6.77. The zero-order valence-corrected chi connectivity index (χ0v) is 17.5. The quantitative estimate of drug-likeness (QED) is 0.783. The van der Waals surface area contributed by atoms with Crippen LogP contribution in [0.4, 0.5) is 5.82 Å². The Hall–Kier alpha value is -1.66. The van der Waals surface area contributed by atoms with Gasteiger partial charge in [0, 0.05) is 64.0 Å². The Balaban J connectivity index is 1.14. The van der Waals surface area contributed by atoms with E-state index in [1.54, 1.807) is 0 Å². The highest BCUT2D eigenvalue weighted by Gasteiger charge is 2.43. The van der Waals surface area contributed by atoms with Crippen LogP contribution >= 0.6 is 0 Å². The third kappa shape index (κ3) is 4.02. The summed E-state index contributed by atoms with van der Waals surface area (Å²) in [5, 5.41) is 0. The minimum absolute atomic E-state index is 0.00255. The van der Waals surface area contributed by atoms with Crippen molar-refractivity contribution in [2.24, 2.45) is 5.92 Å². The van der Waals surface area contributed by atoms with Gasteiger partial charge in [-0.3, -0.25) is 9.69 Å². The van der Waals surface area contributed by atoms with E-state index in [9.17, 15) is 4.79 Å². The molecule has 1 unspecified atom stereocenters. The zero-order chi connectivity index (χ0) is 19.7. The zero-order valence-electron chi connectivity index (χ0n) is 17.5. The van der Waals surface area contributed by atoms with Gasteiger partial charge < -0.3 is 14.5 Å². The predicted octanol–water partition coefficient (Wildman–Crippen LogP) is 2.54. The van der Waals surface area contributed by atoms with E-state index in [0.717, 1.165) is 90.2 Å². The van der Waals surface area contributed by atoms with Crippen molar-refractivity contribution in [2.45, 2.75) is 56.6 Å². The Labute approximate surface area is 174 Å². The Kier molecular flexibility index (Phi) is 5.48. The third-order valence-corrected chi connectivity index (χ3v) is 7.71. The molecule has 1 aromatic rings. The van der Waals surface area contributed by atoms with E-state index in [0.29, 0.717) is 17.9 Å². The monoisotopic (exact) mass is 398 g/mol. The maximum Gasteiger partial charge on any atom is 0.225 e. The highest BCUT2D eigenvalue weighted by Crippen LogP contribution is 2.38. The Morgan fingerprint density at radius 1 is 1.03 bits per heavy atom. The Morgan fingerprint density at radius 2 is 1.83 bits per heavy atom. The fourth-order valence-corrected chi connectivity index (χ4v) is 5.57. The van der Waals surface area contributed by atoms with E-state index in [1.807, 2.05) is 12.3 Å². The number of piperidine rings is 1. The van der Waals surface area contributed by atoms with Gasteiger partial charge in [0.25, 0.3) is 0 Å². The summed E-state index contributed by atoms with van der Waals surface area (Å²) in [7, 11) is 0. The van der Waals surface area contributed by atoms with Crippen LogP contribution in [-0.2, 0) is 9.53 Å². The smallest absolute Gasteiger partial charge is 0.225 e. The van der Waals surface area contributed by atoms with Gasteiger partial charge in [-0.2, -0.15) is 0 Å². The molecule has 158 valence electrons. The van der Waals surface area contributed by atoms with E-state index in [1.165, 1.54) is 6.42 Å². The number of hydrogen-bond acceptors (Lipinski definition) is 5. The molecule has 0 radical (unpaired) electrons. The lowest BCUT2D eigenvalue weighted by molar-refractivity contribution is -0.154. The van der Waals surface area contributed by atoms with Crippen molar-refractivity contribution < 1.29 is 9.53 Å². The van der Waals surface area contributed by atoms with Crippen LogP contribution in [0.1, 0.15) is 44.9 Å². The van der Waals surface area contributed by atoms with Crippen LogP contribution in [0.25, 0.3) is 0 Å². The van der Waals surface area contributed by atoms with Crippen LogP contribution in [0.3, 0.4) is 0 Å². The first-order valence-corrected chi connectivity index (χ1v) is 11.6. The standard InChI is InChI=1S/C23H34N4O2/c28-22(19-4-3-5-19)27-11-8-23(9-12-27)18-20(7-17-29-23)25-13-15-26(16-14-25)21-6-1-2-10-24-21/h1-2,6,10,19-20H,3-5,7-9,11-18H2. The number of likely N-dealkylation sites (tertiary alicyclic amines) is 1. The van der Waals surface area contributed by atoms with Gasteiger partial charge >= 0.3 is 0 Å². The van der Waals surface area contributed by atoms with E-state index in [-0.39, 0.29) is 5.60 Å². The van der Waals surface area contributed by atoms with Crippen molar-refractivity contribution in [3.8, 4) is 0 Å². The molecule has 1 aromatic heterocycles. The molecule has 1 atom stereocenters. The fraction of sp³-hybridized carbons (Fsp3) is 0.739. The number of hydrogen-bond donors (Lipinski definition) is 0. The van der Waals surface area contributed by atoms with Gasteiger partial charge in [-0.1, -0.05) is 12.5 Å². The first-order valence-electron chi connectivity index (χ1n) is 11.6. The largest absolute Gasteiger partial charge is 0.375 e. The number of anilines is 1. The van der Waals surface area contributed by atoms with Crippen LogP contribution in [0.5, 0.6) is 0 Å². The van der Waals surface area contributed by atoms with Gasteiger partial charge in [-0.25, -0.2) is 4.98 Å². The predicted molar refractivity (Wildman–Crippen MR) is 113 cm³/mol. The van der Waals surface area contributed by atoms with Crippen molar-refractivity contribution in [2.75, 3.05) is 50.8 Å². The van der Waals surface area contributed by atoms with Crippen LogP contribution in [0.15, 0.2) is 24.4 Å². The van der Waals surface area contributed by atoms with E-state index >= 15 is 0 Å². The number of piperazine rings is 1. The number of carbonyl (C=O) groups is 1. The Bertz CT molecular complexity index is 692. The van der Waals surface area contributed by atoms with E-state index in [2.05, 4.69) is 31.8 Å². The Morgan fingerprint density at radius 3 is 2.48 bits per heavy atom. The van der Waals surface area contributed by atoms with Gasteiger partial charge in [-0.15, -0.1) is 0 Å². The highest BCUT2D eigenvalue weighted by molar-refractivity contribution is 5.79. The van der Waals surface area contributed by atoms with Crippen LogP contribution in [0.2, 0.25) is 0 Å². The molecule has 1 aliphatic carbocycles. The van der Waals surface area contributed by atoms with E-state index < -0.39 is 0 Å². The molecule has 1 saturated carbocycles. The van der Waals surface area contributed by atoms with Crippen molar-refractivity contribution in [1.82, 2.24) is 14.8 Å². The number of ether oxygens (including phenoxy) is 1. The molecule has 6 nitrogen and oxygen atoms in total. The first-order chi connectivity index (χ1) is 14.2. The van der Waals surface area contributed by atoms with E-state index in [4.69, 9.17) is 4.74 Å². The second-order valence-corrected chi connectivity index (χ2v) is 9.34. The molecule has 4 fully saturated rings. The minimum atomic E-state index is -0.00255. The summed E-state index contributed by atoms with van der Waals surface area (Å²) in [4.78, 5) is 24.3. The van der Waals surface area contributed by atoms with Gasteiger partial charge in [0.15, 0.2) is 0 Å². The SMILES string of the molecule is O=C(C1CCC1)N1CCC2(CC1)CC(N1CCN(c3ccccn3)CC1)CCO2. The second kappa shape index (κ2) is 8.23. The summed E-state index contributed by atoms with van der Waals surface area (Å²) in [5.74, 6) is 1.82. The van der Waals surface area contributed by atoms with Crippen molar-refractivity contribution in [3.05, 3.63) is 24.4 Å². The molecule has 0 bridgehead atoms. The summed E-state index contributed by atoms with van der Waals surface area (Å²) < 4.78 is 6.36. The molecule has 0 aromatic carbocycles. The normalized spacial score (nSPS) is 28.3. The second-order valence-electron chi connectivity index (χ2n) is 9.34. The molecular weight excluding hydrogens is 364 g/mol. The molecule has 3 aliphatic heterocycles. The molecule has 3 saturated heterocycles. The highest BCUT2D eigenvalue weighted by atomic mass is 16.5. The molecule has 6 heteroatoms. The minimum Gasteiger partial charge on any atom is -0.375 e. The number of rotatable bonds is 3. The molecule has 5 rings (SSSR count). The average Bonchev–Trinajstić information content (AvgIpc) is 2.74. The molecule has 0 N–H and O–H groups in total. The van der Waals surface area contributed by atoms with Gasteiger partial charge in [0.05, 0.1) is 5.60 Å². The van der Waals surface area contributed by atoms with Crippen molar-refractivity contribution in [3.63, 3.8) is 0 Å². The van der Waals surface area contributed by atoms with Gasteiger partial charge in [-0.05, 0) is 50.7 Å². The number of aromatic nitrogens is 1. The maximum atomic E-state index is 12.6. The molecule has 1 spiro atoms. The van der Waals surface area contributed by atoms with Crippen LogP contribution < -0.4 is 4.90 Å². The lowest BCUT2D eigenvalue weighted by atomic mass is 9.80.